The van der Waals surface area contributed by atoms with E-state index in [-0.39, 0.29) is 29.3 Å². The summed E-state index contributed by atoms with van der Waals surface area (Å²) in [5, 5.41) is 21.3. The highest BCUT2D eigenvalue weighted by Gasteiger charge is 2.57. The molecule has 0 radical (unpaired) electrons. The number of aromatic hydroxyl groups is 2. The van der Waals surface area contributed by atoms with Crippen molar-refractivity contribution < 1.29 is 23.4 Å². The van der Waals surface area contributed by atoms with Crippen LogP contribution in [-0.2, 0) is 6.18 Å². The van der Waals surface area contributed by atoms with Crippen LogP contribution >= 0.6 is 0 Å². The van der Waals surface area contributed by atoms with Crippen LogP contribution in [0.2, 0.25) is 0 Å². The third-order valence-corrected chi connectivity index (χ3v) is 5.63. The number of hydrogen-bond acceptors (Lipinski definition) is 2. The van der Waals surface area contributed by atoms with E-state index in [9.17, 15) is 23.4 Å². The number of rotatable bonds is 1. The summed E-state index contributed by atoms with van der Waals surface area (Å²) in [6, 6.07) is 4.65. The summed E-state index contributed by atoms with van der Waals surface area (Å²) in [6.45, 7) is 0. The van der Waals surface area contributed by atoms with Gasteiger partial charge in [0, 0.05) is 23.0 Å². The average molecular weight is 333 g/mol. The smallest absolute Gasteiger partial charge is 0.416 e. The Labute approximate surface area is 135 Å². The van der Waals surface area contributed by atoms with E-state index in [0.29, 0.717) is 23.0 Å². The lowest BCUT2D eigenvalue weighted by atomic mass is 9.73. The van der Waals surface area contributed by atoms with Gasteiger partial charge in [-0.25, -0.2) is 0 Å². The Morgan fingerprint density at radius 2 is 1.54 bits per heavy atom. The molecular weight excluding hydrogens is 319 g/mol. The first-order valence-electron chi connectivity index (χ1n) is 7.90. The minimum atomic E-state index is -4.48. The fraction of sp³-hybridized carbons (Fsp3) is 0.333. The van der Waals surface area contributed by atoms with Gasteiger partial charge in [0.25, 0.3) is 0 Å². The molecule has 0 spiro atoms. The monoisotopic (exact) mass is 333 g/mol. The standard InChI is InChI=1S/C18H14F3NO2/c19-18(20,21)8-2-1-3-9(6-8)22-16(23)14-10-4-5-11(13-7-12(10)13)15(14)17(22)24/h1-6,10-13,23-24H,7H2. The van der Waals surface area contributed by atoms with Crippen LogP contribution in [0.25, 0.3) is 5.69 Å². The molecule has 2 aromatic rings. The molecule has 0 amide bonds. The molecule has 1 aromatic heterocycles. The lowest BCUT2D eigenvalue weighted by Crippen LogP contribution is -2.18. The first-order valence-corrected chi connectivity index (χ1v) is 7.90. The molecule has 6 heteroatoms. The Morgan fingerprint density at radius 1 is 0.958 bits per heavy atom. The van der Waals surface area contributed by atoms with Gasteiger partial charge in [-0.15, -0.1) is 0 Å². The largest absolute Gasteiger partial charge is 0.494 e. The van der Waals surface area contributed by atoms with Crippen LogP contribution in [0.1, 0.15) is 34.9 Å². The first kappa shape index (κ1) is 14.0. The summed E-state index contributed by atoms with van der Waals surface area (Å²) >= 11 is 0. The summed E-state index contributed by atoms with van der Waals surface area (Å²) in [4.78, 5) is 0. The van der Waals surface area contributed by atoms with Crippen LogP contribution in [0.5, 0.6) is 11.8 Å². The maximum Gasteiger partial charge on any atom is 0.416 e. The van der Waals surface area contributed by atoms with E-state index < -0.39 is 11.7 Å². The fourth-order valence-corrected chi connectivity index (χ4v) is 4.51. The predicted molar refractivity (Wildman–Crippen MR) is 80.3 cm³/mol. The van der Waals surface area contributed by atoms with Gasteiger partial charge < -0.3 is 10.2 Å². The van der Waals surface area contributed by atoms with E-state index in [1.807, 2.05) is 0 Å². The Kier molecular flexibility index (Phi) is 2.44. The third kappa shape index (κ3) is 1.63. The summed E-state index contributed by atoms with van der Waals surface area (Å²) in [5.74, 6) is 0.768. The second kappa shape index (κ2) is 4.18. The van der Waals surface area contributed by atoms with Crippen LogP contribution in [0.15, 0.2) is 36.4 Å². The fourth-order valence-electron chi connectivity index (χ4n) is 4.51. The van der Waals surface area contributed by atoms with Gasteiger partial charge in [-0.2, -0.15) is 13.2 Å². The molecular formula is C18H14F3NO2. The van der Waals surface area contributed by atoms with Crippen LogP contribution in [-0.4, -0.2) is 14.8 Å². The minimum absolute atomic E-state index is 0.0490. The van der Waals surface area contributed by atoms with Crippen molar-refractivity contribution in [3.05, 3.63) is 53.1 Å². The number of halogens is 3. The molecule has 6 rings (SSSR count). The maximum absolute atomic E-state index is 13.0. The highest BCUT2D eigenvalue weighted by molar-refractivity contribution is 5.62. The Bertz CT molecular complexity index is 855. The van der Waals surface area contributed by atoms with Gasteiger partial charge in [0.1, 0.15) is 0 Å². The minimum Gasteiger partial charge on any atom is -0.494 e. The Morgan fingerprint density at radius 3 is 2.08 bits per heavy atom. The topological polar surface area (TPSA) is 45.4 Å². The first-order chi connectivity index (χ1) is 11.4. The predicted octanol–water partition coefficient (Wildman–Crippen LogP) is 4.29. The summed E-state index contributed by atoms with van der Waals surface area (Å²) in [6.07, 6.45) is 0.698. The van der Waals surface area contributed by atoms with Crippen molar-refractivity contribution >= 4 is 0 Å². The average Bonchev–Trinajstić information content (AvgIpc) is 3.31. The molecule has 1 saturated carbocycles. The molecule has 124 valence electrons. The zero-order chi connectivity index (χ0) is 16.8. The molecule has 1 aromatic carbocycles. The van der Waals surface area contributed by atoms with Crippen molar-refractivity contribution in [2.45, 2.75) is 24.4 Å². The van der Waals surface area contributed by atoms with Gasteiger partial charge >= 0.3 is 6.18 Å². The molecule has 4 aliphatic rings. The lowest BCUT2D eigenvalue weighted by molar-refractivity contribution is -0.137. The Hall–Kier alpha value is -2.37. The summed E-state index contributed by atoms with van der Waals surface area (Å²) in [5.41, 5.74) is 0.657. The summed E-state index contributed by atoms with van der Waals surface area (Å²) < 4.78 is 40.0. The Balaban J connectivity index is 1.70. The van der Waals surface area contributed by atoms with Gasteiger partial charge in [0.2, 0.25) is 11.8 Å². The number of benzene rings is 1. The summed E-state index contributed by atoms with van der Waals surface area (Å²) in [7, 11) is 0. The van der Waals surface area contributed by atoms with Crippen LogP contribution in [0.3, 0.4) is 0 Å². The number of aromatic nitrogens is 1. The van der Waals surface area contributed by atoms with Crippen LogP contribution < -0.4 is 0 Å². The zero-order valence-electron chi connectivity index (χ0n) is 12.5. The third-order valence-electron chi connectivity index (χ3n) is 5.63. The molecule has 4 aliphatic carbocycles. The maximum atomic E-state index is 13.0. The van der Waals surface area contributed by atoms with Crippen molar-refractivity contribution in [3.8, 4) is 17.4 Å². The molecule has 3 nitrogen and oxygen atoms in total. The molecule has 0 aliphatic heterocycles. The molecule has 4 unspecified atom stereocenters. The highest BCUT2D eigenvalue weighted by atomic mass is 19.4. The van der Waals surface area contributed by atoms with Gasteiger partial charge in [0.15, 0.2) is 0 Å². The number of alkyl halides is 3. The van der Waals surface area contributed by atoms with E-state index in [0.717, 1.165) is 23.1 Å². The normalized spacial score (nSPS) is 29.5. The molecule has 1 heterocycles. The van der Waals surface area contributed by atoms with E-state index in [4.69, 9.17) is 0 Å². The number of nitrogens with zero attached hydrogens (tertiary/aromatic N) is 1. The van der Waals surface area contributed by atoms with Crippen molar-refractivity contribution in [1.82, 2.24) is 4.57 Å². The van der Waals surface area contributed by atoms with E-state index in [1.54, 1.807) is 0 Å². The number of hydrogen-bond donors (Lipinski definition) is 2. The van der Waals surface area contributed by atoms with E-state index in [2.05, 4.69) is 12.2 Å². The van der Waals surface area contributed by atoms with Crippen molar-refractivity contribution in [2.75, 3.05) is 0 Å². The SMILES string of the molecule is Oc1c2c(c(O)n1-c1cccc(C(F)(F)F)c1)C1C=CC2C2CC12. The van der Waals surface area contributed by atoms with Gasteiger partial charge in [-0.1, -0.05) is 18.2 Å². The van der Waals surface area contributed by atoms with Gasteiger partial charge in [-0.3, -0.25) is 4.57 Å². The number of allylic oxidation sites excluding steroid dienone is 2. The van der Waals surface area contributed by atoms with Crippen LogP contribution in [0.4, 0.5) is 13.2 Å². The second-order valence-electron chi connectivity index (χ2n) is 6.86. The van der Waals surface area contributed by atoms with Crippen molar-refractivity contribution in [2.24, 2.45) is 11.8 Å². The van der Waals surface area contributed by atoms with Gasteiger partial charge in [0.05, 0.1) is 11.3 Å². The van der Waals surface area contributed by atoms with Gasteiger partial charge in [-0.05, 0) is 36.5 Å². The van der Waals surface area contributed by atoms with Crippen molar-refractivity contribution in [1.29, 1.82) is 0 Å². The quantitative estimate of drug-likeness (QED) is 0.765. The lowest BCUT2D eigenvalue weighted by Gasteiger charge is -2.30. The molecule has 0 saturated heterocycles. The molecule has 1 fully saturated rings. The van der Waals surface area contributed by atoms with E-state index >= 15 is 0 Å². The van der Waals surface area contributed by atoms with E-state index in [1.165, 1.54) is 12.1 Å². The zero-order valence-corrected chi connectivity index (χ0v) is 12.5. The van der Waals surface area contributed by atoms with Crippen LogP contribution in [0, 0.1) is 11.8 Å². The highest BCUT2D eigenvalue weighted by Crippen LogP contribution is 2.68. The molecule has 24 heavy (non-hydrogen) atoms. The molecule has 2 N–H and O–H groups in total. The van der Waals surface area contributed by atoms with Crippen molar-refractivity contribution in [3.63, 3.8) is 0 Å². The molecule has 4 atom stereocenters. The molecule has 2 bridgehead atoms. The second-order valence-corrected chi connectivity index (χ2v) is 6.86.